The van der Waals surface area contributed by atoms with Crippen molar-refractivity contribution in [3.05, 3.63) is 81.6 Å². The van der Waals surface area contributed by atoms with Gasteiger partial charge in [-0.05, 0) is 62.3 Å². The second-order valence-electron chi connectivity index (χ2n) is 11.6. The smallest absolute Gasteiger partial charge is 0.309 e. The third-order valence-electron chi connectivity index (χ3n) is 8.10. The van der Waals surface area contributed by atoms with Gasteiger partial charge >= 0.3 is 5.97 Å². The Kier molecular flexibility index (Phi) is 11.7. The molecule has 4 rings (SSSR count). The number of hydrogen-bond donors (Lipinski definition) is 1. The predicted molar refractivity (Wildman–Crippen MR) is 178 cm³/mol. The highest BCUT2D eigenvalue weighted by atomic mass is 35.5. The quantitative estimate of drug-likeness (QED) is 0.140. The lowest BCUT2D eigenvalue weighted by Crippen LogP contribution is -2.51. The molecular weight excluding hydrogens is 637 g/mol. The van der Waals surface area contributed by atoms with Crippen LogP contribution in [0.2, 0.25) is 15.1 Å². The summed E-state index contributed by atoms with van der Waals surface area (Å²) < 4.78 is 7.04. The van der Waals surface area contributed by atoms with Gasteiger partial charge in [0.2, 0.25) is 0 Å². The molecular formula is C33H38Cl3N5O4. The average molecular weight is 675 g/mol. The van der Waals surface area contributed by atoms with Gasteiger partial charge in [-0.25, -0.2) is 0 Å². The summed E-state index contributed by atoms with van der Waals surface area (Å²) in [6.45, 7) is 8.28. The Balaban J connectivity index is 1.63. The summed E-state index contributed by atoms with van der Waals surface area (Å²) in [4.78, 5) is 41.2. The van der Waals surface area contributed by atoms with Crippen molar-refractivity contribution in [2.75, 3.05) is 11.6 Å². The summed E-state index contributed by atoms with van der Waals surface area (Å²) in [6, 6.07) is 13.4. The van der Waals surface area contributed by atoms with Crippen LogP contribution in [0.15, 0.2) is 66.0 Å². The van der Waals surface area contributed by atoms with Crippen LogP contribution in [-0.2, 0) is 19.1 Å². The van der Waals surface area contributed by atoms with Crippen molar-refractivity contribution in [3.8, 4) is 0 Å². The zero-order valence-electron chi connectivity index (χ0n) is 25.8. The fraction of sp³-hybridized carbons (Fsp3) is 0.424. The van der Waals surface area contributed by atoms with E-state index in [4.69, 9.17) is 39.5 Å². The van der Waals surface area contributed by atoms with Gasteiger partial charge in [0.15, 0.2) is 11.8 Å². The topological polar surface area (TPSA) is 106 Å². The molecule has 1 aliphatic heterocycles. The molecule has 4 atom stereocenters. The second-order valence-corrected chi connectivity index (χ2v) is 12.8. The van der Waals surface area contributed by atoms with Crippen LogP contribution in [0.5, 0.6) is 0 Å². The van der Waals surface area contributed by atoms with Crippen molar-refractivity contribution >= 4 is 64.0 Å². The third-order valence-corrected chi connectivity index (χ3v) is 8.89. The summed E-state index contributed by atoms with van der Waals surface area (Å²) in [5.74, 6) is -1.84. The number of esters is 1. The van der Waals surface area contributed by atoms with Crippen LogP contribution in [0, 0.1) is 5.92 Å². The number of hydrazone groups is 1. The SMILES string of the molecule is CCCCOC(=O)C(CC(C)c1ccccc1)CC(C)(CC)NC(=O)C1=NN(c2c(Cl)cc(Cl)cc2Cl)C(=O)C1n1cccn1. The van der Waals surface area contributed by atoms with Crippen molar-refractivity contribution in [1.29, 1.82) is 0 Å². The molecule has 240 valence electrons. The van der Waals surface area contributed by atoms with E-state index in [2.05, 4.69) is 22.4 Å². The molecule has 4 unspecified atom stereocenters. The number of benzene rings is 2. The number of halogens is 3. The maximum atomic E-state index is 14.0. The minimum absolute atomic E-state index is 0.0789. The summed E-state index contributed by atoms with van der Waals surface area (Å²) >= 11 is 18.9. The maximum absolute atomic E-state index is 14.0. The molecule has 0 bridgehead atoms. The van der Waals surface area contributed by atoms with Gasteiger partial charge in [0.1, 0.15) is 5.69 Å². The molecule has 12 heteroatoms. The van der Waals surface area contributed by atoms with E-state index in [1.54, 1.807) is 12.3 Å². The van der Waals surface area contributed by atoms with E-state index in [9.17, 15) is 14.4 Å². The summed E-state index contributed by atoms with van der Waals surface area (Å²) in [5.41, 5.74) is 0.290. The number of carbonyl (C=O) groups excluding carboxylic acids is 3. The average Bonchev–Trinajstić information content (AvgIpc) is 3.65. The molecule has 1 N–H and O–H groups in total. The molecule has 2 aromatic carbocycles. The van der Waals surface area contributed by atoms with Crippen LogP contribution in [0.4, 0.5) is 5.69 Å². The van der Waals surface area contributed by atoms with Crippen molar-refractivity contribution in [2.24, 2.45) is 11.0 Å². The number of anilines is 1. The van der Waals surface area contributed by atoms with Crippen LogP contribution in [0.1, 0.15) is 77.3 Å². The monoisotopic (exact) mass is 673 g/mol. The van der Waals surface area contributed by atoms with Gasteiger partial charge in [0.25, 0.3) is 11.8 Å². The summed E-state index contributed by atoms with van der Waals surface area (Å²) in [7, 11) is 0. The second kappa shape index (κ2) is 15.3. The molecule has 0 aliphatic carbocycles. The molecule has 0 radical (unpaired) electrons. The number of amides is 2. The van der Waals surface area contributed by atoms with Crippen LogP contribution in [0.3, 0.4) is 0 Å². The first kappa shape index (κ1) is 34.5. The molecule has 3 aromatic rings. The number of nitrogens with zero attached hydrogens (tertiary/aromatic N) is 4. The molecule has 0 saturated carbocycles. The van der Waals surface area contributed by atoms with E-state index in [-0.39, 0.29) is 38.4 Å². The van der Waals surface area contributed by atoms with E-state index < -0.39 is 29.3 Å². The zero-order valence-corrected chi connectivity index (χ0v) is 28.1. The molecule has 1 aromatic heterocycles. The lowest BCUT2D eigenvalue weighted by atomic mass is 9.80. The Morgan fingerprint density at radius 3 is 2.38 bits per heavy atom. The van der Waals surface area contributed by atoms with E-state index in [0.717, 1.165) is 23.4 Å². The number of nitrogens with one attached hydrogen (secondary N) is 1. The molecule has 45 heavy (non-hydrogen) atoms. The summed E-state index contributed by atoms with van der Waals surface area (Å²) in [6.07, 6.45) is 6.13. The first-order valence-electron chi connectivity index (χ1n) is 15.1. The predicted octanol–water partition coefficient (Wildman–Crippen LogP) is 7.62. The Morgan fingerprint density at radius 1 is 1.09 bits per heavy atom. The van der Waals surface area contributed by atoms with Gasteiger partial charge < -0.3 is 10.1 Å². The molecule has 0 fully saturated rings. The highest BCUT2D eigenvalue weighted by Crippen LogP contribution is 2.40. The molecule has 0 spiro atoms. The highest BCUT2D eigenvalue weighted by Gasteiger charge is 2.45. The van der Waals surface area contributed by atoms with E-state index in [0.29, 0.717) is 25.9 Å². The number of ether oxygens (including phenoxy) is 1. The minimum Gasteiger partial charge on any atom is -0.465 e. The zero-order chi connectivity index (χ0) is 32.7. The van der Waals surface area contributed by atoms with Gasteiger partial charge in [-0.1, -0.05) is 92.3 Å². The van der Waals surface area contributed by atoms with E-state index in [1.807, 2.05) is 51.1 Å². The van der Waals surface area contributed by atoms with Crippen LogP contribution in [-0.4, -0.2) is 45.4 Å². The van der Waals surface area contributed by atoms with Gasteiger partial charge in [-0.2, -0.15) is 15.2 Å². The Morgan fingerprint density at radius 2 is 1.78 bits per heavy atom. The van der Waals surface area contributed by atoms with Gasteiger partial charge in [-0.3, -0.25) is 19.1 Å². The number of carbonyl (C=O) groups is 3. The van der Waals surface area contributed by atoms with Crippen LogP contribution >= 0.6 is 34.8 Å². The Hall–Kier alpha value is -3.40. The van der Waals surface area contributed by atoms with Crippen molar-refractivity contribution in [2.45, 2.75) is 77.3 Å². The van der Waals surface area contributed by atoms with Gasteiger partial charge in [0, 0.05) is 23.0 Å². The molecule has 0 saturated heterocycles. The summed E-state index contributed by atoms with van der Waals surface area (Å²) in [5, 5.41) is 13.2. The first-order chi connectivity index (χ1) is 21.5. The lowest BCUT2D eigenvalue weighted by molar-refractivity contribution is -0.150. The van der Waals surface area contributed by atoms with Crippen LogP contribution < -0.4 is 10.3 Å². The van der Waals surface area contributed by atoms with Gasteiger partial charge in [-0.15, -0.1) is 0 Å². The number of hydrogen-bond acceptors (Lipinski definition) is 6. The largest absolute Gasteiger partial charge is 0.465 e. The third kappa shape index (κ3) is 8.26. The van der Waals surface area contributed by atoms with Crippen molar-refractivity contribution in [1.82, 2.24) is 15.1 Å². The van der Waals surface area contributed by atoms with Crippen LogP contribution in [0.25, 0.3) is 0 Å². The van der Waals surface area contributed by atoms with E-state index >= 15 is 0 Å². The minimum atomic E-state index is -1.17. The Labute approximate surface area is 278 Å². The Bertz CT molecular complexity index is 1510. The normalized spacial score (nSPS) is 17.4. The standard InChI is InChI=1S/C33H38Cl3N5O4/c1-5-7-16-45-32(44)23(17-21(3)22-12-9-8-10-13-22)20-33(4,6-2)38-30(42)27-29(40-15-11-14-37-40)31(43)41(39-27)28-25(35)18-24(34)19-26(28)36/h8-15,18-19,21,23,29H,5-7,16-17,20H2,1-4H3,(H,38,42). The number of aromatic nitrogens is 2. The number of rotatable bonds is 14. The highest BCUT2D eigenvalue weighted by molar-refractivity contribution is 6.48. The molecule has 1 aliphatic rings. The van der Waals surface area contributed by atoms with E-state index in [1.165, 1.54) is 23.0 Å². The number of unbranched alkanes of at least 4 members (excludes halogenated alkanes) is 1. The maximum Gasteiger partial charge on any atom is 0.309 e. The fourth-order valence-corrected chi connectivity index (χ4v) is 6.37. The first-order valence-corrected chi connectivity index (χ1v) is 16.2. The molecule has 2 amide bonds. The van der Waals surface area contributed by atoms with Crippen molar-refractivity contribution < 1.29 is 19.1 Å². The molecule has 2 heterocycles. The lowest BCUT2D eigenvalue weighted by Gasteiger charge is -2.34. The fourth-order valence-electron chi connectivity index (χ4n) is 5.39. The van der Waals surface area contributed by atoms with Gasteiger partial charge in [0.05, 0.1) is 22.6 Å². The van der Waals surface area contributed by atoms with Crippen molar-refractivity contribution in [3.63, 3.8) is 0 Å². The molecule has 9 nitrogen and oxygen atoms in total.